The third-order valence-electron chi connectivity index (χ3n) is 2.98. The molecule has 5 heteroatoms. The van der Waals surface area contributed by atoms with Gasteiger partial charge in [-0.3, -0.25) is 4.79 Å². The number of hydrogen-bond acceptors (Lipinski definition) is 3. The van der Waals surface area contributed by atoms with Crippen molar-refractivity contribution in [1.29, 1.82) is 0 Å². The topological polar surface area (TPSA) is 67.2 Å². The molecule has 1 atom stereocenters. The lowest BCUT2D eigenvalue weighted by molar-refractivity contribution is 0.0957. The van der Waals surface area contributed by atoms with Crippen LogP contribution in [-0.4, -0.2) is 27.8 Å². The Morgan fingerprint density at radius 1 is 1.42 bits per heavy atom. The summed E-state index contributed by atoms with van der Waals surface area (Å²) in [6.07, 6.45) is 1.80. The first-order valence-corrected chi connectivity index (χ1v) is 6.22. The van der Waals surface area contributed by atoms with Gasteiger partial charge in [0.1, 0.15) is 0 Å². The number of aromatic nitrogens is 2. The van der Waals surface area contributed by atoms with E-state index < -0.39 is 6.10 Å². The summed E-state index contributed by atoms with van der Waals surface area (Å²) in [7, 11) is 1.57. The van der Waals surface area contributed by atoms with E-state index in [0.29, 0.717) is 12.1 Å². The van der Waals surface area contributed by atoms with Crippen molar-refractivity contribution in [3.8, 4) is 5.69 Å². The molecule has 2 rings (SSSR count). The van der Waals surface area contributed by atoms with Gasteiger partial charge in [-0.1, -0.05) is 25.1 Å². The van der Waals surface area contributed by atoms with Crippen LogP contribution >= 0.6 is 0 Å². The van der Waals surface area contributed by atoms with Crippen molar-refractivity contribution < 1.29 is 9.90 Å². The van der Waals surface area contributed by atoms with Gasteiger partial charge in [0.05, 0.1) is 11.8 Å². The van der Waals surface area contributed by atoms with E-state index in [1.165, 1.54) is 0 Å². The highest BCUT2D eigenvalue weighted by Gasteiger charge is 2.13. The average Bonchev–Trinajstić information content (AvgIpc) is 2.95. The summed E-state index contributed by atoms with van der Waals surface area (Å²) >= 11 is 0. The van der Waals surface area contributed by atoms with Crippen LogP contribution in [0.3, 0.4) is 0 Å². The van der Waals surface area contributed by atoms with Crippen molar-refractivity contribution >= 4 is 5.91 Å². The van der Waals surface area contributed by atoms with Gasteiger partial charge in [-0.25, -0.2) is 4.68 Å². The molecule has 5 nitrogen and oxygen atoms in total. The van der Waals surface area contributed by atoms with Crippen LogP contribution in [0.1, 0.15) is 35.5 Å². The number of para-hydroxylation sites is 1. The smallest absolute Gasteiger partial charge is 0.271 e. The first-order chi connectivity index (χ1) is 9.17. The van der Waals surface area contributed by atoms with E-state index in [4.69, 9.17) is 0 Å². The van der Waals surface area contributed by atoms with Crippen molar-refractivity contribution in [3.05, 3.63) is 47.8 Å². The maximum atomic E-state index is 11.5. The largest absolute Gasteiger partial charge is 0.388 e. The van der Waals surface area contributed by atoms with E-state index in [1.54, 1.807) is 24.0 Å². The minimum absolute atomic E-state index is 0.229. The van der Waals surface area contributed by atoms with E-state index in [2.05, 4.69) is 10.4 Å². The Morgan fingerprint density at radius 3 is 2.84 bits per heavy atom. The fourth-order valence-electron chi connectivity index (χ4n) is 1.91. The second kappa shape index (κ2) is 5.67. The molecule has 2 aromatic rings. The first kappa shape index (κ1) is 13.3. The van der Waals surface area contributed by atoms with E-state index in [0.717, 1.165) is 11.3 Å². The van der Waals surface area contributed by atoms with Gasteiger partial charge in [-0.05, 0) is 18.6 Å². The Kier molecular flexibility index (Phi) is 3.97. The van der Waals surface area contributed by atoms with Crippen LogP contribution in [0, 0.1) is 0 Å². The fourth-order valence-corrected chi connectivity index (χ4v) is 1.91. The Labute approximate surface area is 111 Å². The molecule has 0 aliphatic rings. The van der Waals surface area contributed by atoms with Crippen LogP contribution in [0.5, 0.6) is 0 Å². The van der Waals surface area contributed by atoms with Gasteiger partial charge in [0.2, 0.25) is 0 Å². The molecule has 0 radical (unpaired) electrons. The van der Waals surface area contributed by atoms with Gasteiger partial charge in [0.15, 0.2) is 5.69 Å². The van der Waals surface area contributed by atoms with Crippen LogP contribution in [-0.2, 0) is 0 Å². The lowest BCUT2D eigenvalue weighted by atomic mass is 10.1. The summed E-state index contributed by atoms with van der Waals surface area (Å²) < 4.78 is 1.61. The van der Waals surface area contributed by atoms with Gasteiger partial charge in [-0.2, -0.15) is 5.10 Å². The molecule has 0 bridgehead atoms. The molecule has 19 heavy (non-hydrogen) atoms. The van der Waals surface area contributed by atoms with E-state index in [1.807, 2.05) is 31.2 Å². The third kappa shape index (κ3) is 2.66. The zero-order valence-electron chi connectivity index (χ0n) is 11.0. The number of hydrogen-bond donors (Lipinski definition) is 2. The lowest BCUT2D eigenvalue weighted by Crippen LogP contribution is -2.18. The van der Waals surface area contributed by atoms with E-state index in [-0.39, 0.29) is 5.91 Å². The predicted molar refractivity (Wildman–Crippen MR) is 72.2 cm³/mol. The molecule has 2 N–H and O–H groups in total. The molecule has 0 spiro atoms. The monoisotopic (exact) mass is 259 g/mol. The zero-order valence-corrected chi connectivity index (χ0v) is 11.0. The first-order valence-electron chi connectivity index (χ1n) is 6.22. The molecular formula is C14H17N3O2. The molecule has 1 aromatic carbocycles. The van der Waals surface area contributed by atoms with Gasteiger partial charge in [0.25, 0.3) is 5.91 Å². The number of aliphatic hydroxyl groups excluding tert-OH is 1. The fraction of sp³-hybridized carbons (Fsp3) is 0.286. The Morgan fingerprint density at radius 2 is 2.16 bits per heavy atom. The van der Waals surface area contributed by atoms with Crippen molar-refractivity contribution in [1.82, 2.24) is 15.1 Å². The van der Waals surface area contributed by atoms with Crippen LogP contribution in [0.2, 0.25) is 0 Å². The second-order valence-corrected chi connectivity index (χ2v) is 4.21. The third-order valence-corrected chi connectivity index (χ3v) is 2.98. The normalized spacial score (nSPS) is 12.2. The number of carbonyl (C=O) groups excluding carboxylic acids is 1. The molecule has 0 aliphatic heterocycles. The number of carbonyl (C=O) groups is 1. The lowest BCUT2D eigenvalue weighted by Gasteiger charge is -2.13. The maximum Gasteiger partial charge on any atom is 0.271 e. The number of rotatable bonds is 4. The molecule has 0 aliphatic carbocycles. The van der Waals surface area contributed by atoms with Crippen molar-refractivity contribution in [2.75, 3.05) is 7.05 Å². The molecule has 1 amide bonds. The van der Waals surface area contributed by atoms with Crippen molar-refractivity contribution in [2.45, 2.75) is 19.4 Å². The van der Waals surface area contributed by atoms with E-state index >= 15 is 0 Å². The van der Waals surface area contributed by atoms with E-state index in [9.17, 15) is 9.90 Å². The predicted octanol–water partition coefficient (Wildman–Crippen LogP) is 1.68. The van der Waals surface area contributed by atoms with Gasteiger partial charge >= 0.3 is 0 Å². The highest BCUT2D eigenvalue weighted by molar-refractivity contribution is 5.91. The van der Waals surface area contributed by atoms with Crippen LogP contribution in [0.25, 0.3) is 5.69 Å². The number of amides is 1. The summed E-state index contributed by atoms with van der Waals surface area (Å²) in [6.45, 7) is 1.92. The van der Waals surface area contributed by atoms with Crippen LogP contribution in [0.4, 0.5) is 0 Å². The quantitative estimate of drug-likeness (QED) is 0.877. The summed E-state index contributed by atoms with van der Waals surface area (Å²) in [5.41, 5.74) is 1.94. The minimum Gasteiger partial charge on any atom is -0.388 e. The molecule has 0 saturated heterocycles. The number of aliphatic hydroxyl groups is 1. The summed E-state index contributed by atoms with van der Waals surface area (Å²) in [5.74, 6) is -0.229. The molecule has 1 aromatic heterocycles. The van der Waals surface area contributed by atoms with Crippen molar-refractivity contribution in [2.24, 2.45) is 0 Å². The summed E-state index contributed by atoms with van der Waals surface area (Å²) in [5, 5.41) is 16.8. The average molecular weight is 259 g/mol. The molecule has 100 valence electrons. The Bertz CT molecular complexity index is 578. The van der Waals surface area contributed by atoms with Crippen LogP contribution in [0.15, 0.2) is 36.5 Å². The molecule has 0 saturated carbocycles. The SMILES string of the molecule is CCC(O)c1ccccc1-n1ccc(C(=O)NC)n1. The molecule has 0 fully saturated rings. The number of nitrogens with one attached hydrogen (secondary N) is 1. The number of benzene rings is 1. The highest BCUT2D eigenvalue weighted by Crippen LogP contribution is 2.23. The highest BCUT2D eigenvalue weighted by atomic mass is 16.3. The Balaban J connectivity index is 2.42. The maximum absolute atomic E-state index is 11.5. The minimum atomic E-state index is -0.538. The van der Waals surface area contributed by atoms with Gasteiger partial charge in [-0.15, -0.1) is 0 Å². The molecule has 1 heterocycles. The van der Waals surface area contributed by atoms with Crippen molar-refractivity contribution in [3.63, 3.8) is 0 Å². The zero-order chi connectivity index (χ0) is 13.8. The van der Waals surface area contributed by atoms with Gasteiger partial charge in [0, 0.05) is 18.8 Å². The summed E-state index contributed by atoms with van der Waals surface area (Å²) in [6, 6.07) is 9.14. The summed E-state index contributed by atoms with van der Waals surface area (Å²) in [4.78, 5) is 11.5. The number of nitrogens with zero attached hydrogens (tertiary/aromatic N) is 2. The Hall–Kier alpha value is -2.14. The molecule has 1 unspecified atom stereocenters. The van der Waals surface area contributed by atoms with Gasteiger partial charge < -0.3 is 10.4 Å². The second-order valence-electron chi connectivity index (χ2n) is 4.21. The van der Waals surface area contributed by atoms with Crippen LogP contribution < -0.4 is 5.32 Å². The molecular weight excluding hydrogens is 242 g/mol. The standard InChI is InChI=1S/C14H17N3O2/c1-3-13(18)10-6-4-5-7-12(10)17-9-8-11(16-17)14(19)15-2/h4-9,13,18H,3H2,1-2H3,(H,15,19).